The molecule has 0 saturated heterocycles. The minimum atomic E-state index is 0.391. The SMILES string of the molecule is Cc1c(-c2ccc(-c3c(C(C)C)cc(-c4ccc(-c5ccccc5)cc4)cc3C(C)C)c[n+]2C)cc(C(C)C)c2ccccc12. The average molecular weight is 589 g/mol. The first kappa shape index (κ1) is 30.5. The average Bonchev–Trinajstić information content (AvgIpc) is 3.05. The van der Waals surface area contributed by atoms with E-state index in [4.69, 9.17) is 0 Å². The lowest BCUT2D eigenvalue weighted by Gasteiger charge is -2.22. The van der Waals surface area contributed by atoms with Gasteiger partial charge in [0.2, 0.25) is 5.69 Å². The zero-order chi connectivity index (χ0) is 31.8. The molecule has 0 spiro atoms. The summed E-state index contributed by atoms with van der Waals surface area (Å²) in [7, 11) is 2.20. The van der Waals surface area contributed by atoms with Crippen molar-refractivity contribution in [3.05, 3.63) is 138 Å². The predicted molar refractivity (Wildman–Crippen MR) is 194 cm³/mol. The van der Waals surface area contributed by atoms with Crippen molar-refractivity contribution in [3.8, 4) is 44.6 Å². The van der Waals surface area contributed by atoms with Gasteiger partial charge >= 0.3 is 0 Å². The smallest absolute Gasteiger partial charge is 0.200 e. The third-order valence-corrected chi connectivity index (χ3v) is 9.43. The molecule has 6 rings (SSSR count). The highest BCUT2D eigenvalue weighted by Gasteiger charge is 2.23. The molecule has 0 amide bonds. The van der Waals surface area contributed by atoms with Crippen molar-refractivity contribution in [1.82, 2.24) is 0 Å². The molecule has 1 heterocycles. The lowest BCUT2D eigenvalue weighted by molar-refractivity contribution is -0.659. The van der Waals surface area contributed by atoms with Crippen LogP contribution in [0.1, 0.15) is 81.5 Å². The Morgan fingerprint density at radius 1 is 0.467 bits per heavy atom. The highest BCUT2D eigenvalue weighted by Crippen LogP contribution is 2.41. The highest BCUT2D eigenvalue weighted by molar-refractivity contribution is 5.94. The van der Waals surface area contributed by atoms with Crippen molar-refractivity contribution in [1.29, 1.82) is 0 Å². The monoisotopic (exact) mass is 588 g/mol. The molecule has 0 aliphatic heterocycles. The Kier molecular flexibility index (Phi) is 8.47. The molecule has 0 fully saturated rings. The molecular formula is C44H46N+. The maximum Gasteiger partial charge on any atom is 0.212 e. The molecule has 0 saturated carbocycles. The Labute approximate surface area is 270 Å². The molecule has 1 aromatic heterocycles. The Balaban J connectivity index is 1.46. The summed E-state index contributed by atoms with van der Waals surface area (Å²) in [5, 5.41) is 2.71. The number of nitrogens with zero attached hydrogens (tertiary/aromatic N) is 1. The topological polar surface area (TPSA) is 3.88 Å². The van der Waals surface area contributed by atoms with E-state index in [1.807, 2.05) is 0 Å². The summed E-state index contributed by atoms with van der Waals surface area (Å²) in [6.45, 7) is 16.2. The zero-order valence-electron chi connectivity index (χ0n) is 28.1. The zero-order valence-corrected chi connectivity index (χ0v) is 28.1. The largest absolute Gasteiger partial charge is 0.212 e. The third kappa shape index (κ3) is 5.85. The second-order valence-electron chi connectivity index (χ2n) is 13.5. The Hall–Kier alpha value is -4.49. The van der Waals surface area contributed by atoms with Gasteiger partial charge in [0, 0.05) is 17.2 Å². The van der Waals surface area contributed by atoms with Crippen molar-refractivity contribution in [2.24, 2.45) is 7.05 Å². The minimum absolute atomic E-state index is 0.391. The van der Waals surface area contributed by atoms with Gasteiger partial charge < -0.3 is 0 Å². The molecule has 0 unspecified atom stereocenters. The van der Waals surface area contributed by atoms with Crippen LogP contribution >= 0.6 is 0 Å². The van der Waals surface area contributed by atoms with Crippen LogP contribution in [0.3, 0.4) is 0 Å². The van der Waals surface area contributed by atoms with Gasteiger partial charge in [-0.3, -0.25) is 0 Å². The standard InChI is InChI=1S/C44H46N/c1-28(2)39-26-42(31(7)37-16-12-13-17-38(37)39)43-23-22-35(27-45(43)8)44-40(29(3)4)24-36(25-41(44)30(5)6)34-20-18-33(19-21-34)32-14-10-9-11-15-32/h9-30H,1-8H3/q+1. The van der Waals surface area contributed by atoms with E-state index in [-0.39, 0.29) is 0 Å². The fraction of sp³-hybridized carbons (Fsp3) is 0.250. The van der Waals surface area contributed by atoms with Gasteiger partial charge in [-0.1, -0.05) is 133 Å². The highest BCUT2D eigenvalue weighted by atomic mass is 14.9. The van der Waals surface area contributed by atoms with Crippen LogP contribution in [-0.2, 0) is 7.05 Å². The molecule has 6 aromatic rings. The fourth-order valence-corrected chi connectivity index (χ4v) is 6.91. The molecule has 1 heteroatoms. The van der Waals surface area contributed by atoms with E-state index in [1.165, 1.54) is 77.7 Å². The molecule has 0 bridgehead atoms. The summed E-state index contributed by atoms with van der Waals surface area (Å²) in [6, 6.07) is 40.5. The van der Waals surface area contributed by atoms with Gasteiger partial charge in [0.25, 0.3) is 0 Å². The van der Waals surface area contributed by atoms with E-state index in [0.717, 1.165) is 0 Å². The van der Waals surface area contributed by atoms with Gasteiger partial charge in [-0.25, -0.2) is 4.57 Å². The second kappa shape index (κ2) is 12.5. The van der Waals surface area contributed by atoms with Gasteiger partial charge in [0.15, 0.2) is 6.20 Å². The summed E-state index contributed by atoms with van der Waals surface area (Å²) in [5.74, 6) is 1.23. The van der Waals surface area contributed by atoms with Crippen molar-refractivity contribution in [3.63, 3.8) is 0 Å². The molecule has 5 aromatic carbocycles. The van der Waals surface area contributed by atoms with E-state index < -0.39 is 0 Å². The van der Waals surface area contributed by atoms with Gasteiger partial charge in [-0.2, -0.15) is 0 Å². The fourth-order valence-electron chi connectivity index (χ4n) is 6.91. The van der Waals surface area contributed by atoms with E-state index in [0.29, 0.717) is 17.8 Å². The lowest BCUT2D eigenvalue weighted by atomic mass is 9.82. The van der Waals surface area contributed by atoms with Crippen molar-refractivity contribution >= 4 is 10.8 Å². The first-order valence-electron chi connectivity index (χ1n) is 16.5. The summed E-state index contributed by atoms with van der Waals surface area (Å²) < 4.78 is 2.33. The van der Waals surface area contributed by atoms with E-state index >= 15 is 0 Å². The molecule has 0 aliphatic rings. The second-order valence-corrected chi connectivity index (χ2v) is 13.5. The lowest BCUT2D eigenvalue weighted by Crippen LogP contribution is -2.31. The molecule has 45 heavy (non-hydrogen) atoms. The van der Waals surface area contributed by atoms with Crippen molar-refractivity contribution < 1.29 is 4.57 Å². The summed E-state index contributed by atoms with van der Waals surface area (Å²) in [5.41, 5.74) is 15.8. The van der Waals surface area contributed by atoms with Crippen LogP contribution in [0, 0.1) is 6.92 Å². The number of hydrogen-bond donors (Lipinski definition) is 0. The van der Waals surface area contributed by atoms with Gasteiger partial charge in [-0.15, -0.1) is 0 Å². The maximum atomic E-state index is 2.43. The van der Waals surface area contributed by atoms with E-state index in [9.17, 15) is 0 Å². The number of pyridine rings is 1. The van der Waals surface area contributed by atoms with Crippen LogP contribution < -0.4 is 4.57 Å². The summed E-state index contributed by atoms with van der Waals surface area (Å²) in [4.78, 5) is 0. The molecule has 0 aliphatic carbocycles. The van der Waals surface area contributed by atoms with Crippen LogP contribution in [0.25, 0.3) is 55.4 Å². The van der Waals surface area contributed by atoms with Crippen LogP contribution in [0.15, 0.2) is 115 Å². The number of benzene rings is 5. The summed E-state index contributed by atoms with van der Waals surface area (Å²) >= 11 is 0. The maximum absolute atomic E-state index is 2.43. The van der Waals surface area contributed by atoms with Gasteiger partial charge in [0.1, 0.15) is 7.05 Å². The molecule has 226 valence electrons. The van der Waals surface area contributed by atoms with Crippen molar-refractivity contribution in [2.75, 3.05) is 0 Å². The third-order valence-electron chi connectivity index (χ3n) is 9.43. The normalized spacial score (nSPS) is 11.7. The van der Waals surface area contributed by atoms with E-state index in [2.05, 4.69) is 175 Å². The number of aryl methyl sites for hydroxylation is 2. The van der Waals surface area contributed by atoms with Gasteiger partial charge in [0.05, 0.1) is 0 Å². The Morgan fingerprint density at radius 2 is 0.956 bits per heavy atom. The first-order chi connectivity index (χ1) is 21.6. The number of aromatic nitrogens is 1. The summed E-state index contributed by atoms with van der Waals surface area (Å²) in [6.07, 6.45) is 2.35. The van der Waals surface area contributed by atoms with Crippen LogP contribution in [0.2, 0.25) is 0 Å². The van der Waals surface area contributed by atoms with E-state index in [1.54, 1.807) is 0 Å². The predicted octanol–water partition coefficient (Wildman–Crippen LogP) is 12.0. The van der Waals surface area contributed by atoms with Gasteiger partial charge in [-0.05, 0) is 97.7 Å². The quantitative estimate of drug-likeness (QED) is 0.163. The molecule has 0 radical (unpaired) electrons. The molecular weight excluding hydrogens is 542 g/mol. The minimum Gasteiger partial charge on any atom is -0.200 e. The Morgan fingerprint density at radius 3 is 1.51 bits per heavy atom. The van der Waals surface area contributed by atoms with Crippen LogP contribution in [0.5, 0.6) is 0 Å². The van der Waals surface area contributed by atoms with Crippen molar-refractivity contribution in [2.45, 2.75) is 66.2 Å². The first-order valence-corrected chi connectivity index (χ1v) is 16.5. The Bertz CT molecular complexity index is 1950. The number of hydrogen-bond acceptors (Lipinski definition) is 0. The molecule has 0 N–H and O–H groups in total. The van der Waals surface area contributed by atoms with Crippen LogP contribution in [-0.4, -0.2) is 0 Å². The molecule has 0 atom stereocenters. The number of fused-ring (bicyclic) bond motifs is 1. The van der Waals surface area contributed by atoms with Crippen LogP contribution in [0.4, 0.5) is 0 Å². The molecule has 1 nitrogen and oxygen atoms in total. The number of rotatable bonds is 7.